The number of rotatable bonds is 1. The fourth-order valence-electron chi connectivity index (χ4n) is 4.87. The molecule has 0 heterocycles. The molecule has 0 bridgehead atoms. The van der Waals surface area contributed by atoms with E-state index in [4.69, 9.17) is 17.0 Å². The molecular formula is C36H58Cl4Zr2-8. The predicted octanol–water partition coefficient (Wildman–Crippen LogP) is 7.07. The second-order valence-corrected chi connectivity index (χ2v) is 13.6. The zero-order chi connectivity index (χ0) is 25.4. The molecule has 42 heavy (non-hydrogen) atoms. The summed E-state index contributed by atoms with van der Waals surface area (Å²) in [4.78, 5) is 0. The Morgan fingerprint density at radius 2 is 0.810 bits per heavy atom. The molecule has 4 aliphatic carbocycles. The first-order chi connectivity index (χ1) is 15.4. The van der Waals surface area contributed by atoms with Crippen molar-refractivity contribution in [2.24, 2.45) is 10.8 Å². The molecule has 0 atom stereocenters. The number of hydrogen-bond donors (Lipinski definition) is 0. The van der Waals surface area contributed by atoms with Crippen LogP contribution in [0.4, 0.5) is 0 Å². The minimum Gasteiger partial charge on any atom is 2.00 e. The average molecular weight is 815 g/mol. The molecule has 0 nitrogen and oxygen atoms in total. The maximum atomic E-state index is 4.93. The molecule has 4 rings (SSSR count). The summed E-state index contributed by atoms with van der Waals surface area (Å²) in [5.41, 5.74) is 12.5. The van der Waals surface area contributed by atoms with Crippen molar-refractivity contribution in [1.29, 1.82) is 0 Å². The fraction of sp³-hybridized carbons (Fsp3) is 0.389. The topological polar surface area (TPSA) is 0 Å². The van der Waals surface area contributed by atoms with Gasteiger partial charge in [-0.1, -0.05) is 38.8 Å². The Hall–Kier alpha value is 0.846. The van der Waals surface area contributed by atoms with E-state index in [0.717, 1.165) is 12.8 Å². The van der Waals surface area contributed by atoms with Crippen LogP contribution in [-0.2, 0) is 47.1 Å². The molecule has 0 aliphatic heterocycles. The van der Waals surface area contributed by atoms with E-state index < -0.39 is 20.8 Å². The third kappa shape index (κ3) is 16.4. The van der Waals surface area contributed by atoms with E-state index >= 15 is 0 Å². The van der Waals surface area contributed by atoms with Gasteiger partial charge in [0.2, 0.25) is 0 Å². The zero-order valence-electron chi connectivity index (χ0n) is 29.4. The normalized spacial score (nSPS) is 16.7. The molecule has 0 spiro atoms. The summed E-state index contributed by atoms with van der Waals surface area (Å²) < 4.78 is 0. The summed E-state index contributed by atoms with van der Waals surface area (Å²) in [6.45, 7) is 23.3. The summed E-state index contributed by atoms with van der Waals surface area (Å²) in [6.07, 6.45) is 20.0. The number of allylic oxidation sites excluding steroid dienone is 16. The van der Waals surface area contributed by atoms with Gasteiger partial charge in [-0.15, -0.1) is 12.8 Å². The van der Waals surface area contributed by atoms with Crippen molar-refractivity contribution < 1.29 is 71.9 Å². The maximum absolute atomic E-state index is 4.93. The standard InChI is InChI=1S/C20H30.2C5H5.6CH3.4ClH.2Zr/c1-11-13(3)17(19(7,8)15(11)5)18-14(4)12(2)16(6)20(18,9)10;2*1-2-4-5-3-1;;;;;;;;;;;;/h1-10H3;2*1-3H,4H2;6*1H3;4*1H;;/q;8*-1;;;;;2*+2/p-4. The van der Waals surface area contributed by atoms with Crippen molar-refractivity contribution in [3.05, 3.63) is 138 Å². The molecule has 0 unspecified atom stereocenters. The minimum absolute atomic E-state index is 0. The molecule has 0 N–H and O–H groups in total. The van der Waals surface area contributed by atoms with Crippen molar-refractivity contribution in [1.82, 2.24) is 0 Å². The average Bonchev–Trinajstić information content (AvgIpc) is 3.55. The van der Waals surface area contributed by atoms with Crippen molar-refractivity contribution in [2.45, 2.75) is 82.1 Å². The first-order valence-corrected chi connectivity index (χ1v) is 17.9. The van der Waals surface area contributed by atoms with Crippen LogP contribution < -0.4 is 24.8 Å². The molecule has 0 amide bonds. The van der Waals surface area contributed by atoms with Gasteiger partial charge in [0.05, 0.1) is 0 Å². The van der Waals surface area contributed by atoms with Crippen LogP contribution in [0, 0.1) is 67.5 Å². The van der Waals surface area contributed by atoms with Gasteiger partial charge in [0.1, 0.15) is 0 Å². The van der Waals surface area contributed by atoms with E-state index in [1.165, 1.54) is 33.4 Å². The fourth-order valence-corrected chi connectivity index (χ4v) is 4.87. The molecule has 0 radical (unpaired) electrons. The van der Waals surface area contributed by atoms with Crippen LogP contribution in [0.1, 0.15) is 82.1 Å². The Morgan fingerprint density at radius 3 is 0.905 bits per heavy atom. The largest absolute Gasteiger partial charge is 2.00 e. The van der Waals surface area contributed by atoms with Crippen LogP contribution in [0.3, 0.4) is 0 Å². The SMILES string of the molecule is CC1=C(C)C(C)(C)C(C2=C(C)C(C)=C(C)C2(C)C)=C1C.[C-]1=CC=CC1.[C-]1=CC=CC1.[CH3-].[CH3-].[CH3-].[CH3-].[CH3-].[CH3-].[Cl-].[Cl-].[Cl][Zr][Cl].[Zr+2]. The summed E-state index contributed by atoms with van der Waals surface area (Å²) in [5, 5.41) is 0. The molecule has 0 aromatic carbocycles. The van der Waals surface area contributed by atoms with Crippen molar-refractivity contribution >= 4 is 17.0 Å². The summed E-state index contributed by atoms with van der Waals surface area (Å²) in [6, 6.07) is 0. The van der Waals surface area contributed by atoms with Gasteiger partial charge in [-0.25, -0.2) is 24.3 Å². The first-order valence-electron chi connectivity index (χ1n) is 11.6. The monoisotopic (exact) mass is 810 g/mol. The predicted molar refractivity (Wildman–Crippen MR) is 183 cm³/mol. The van der Waals surface area contributed by atoms with E-state index in [1.807, 2.05) is 24.3 Å². The summed E-state index contributed by atoms with van der Waals surface area (Å²) in [5.74, 6) is 0. The second kappa shape index (κ2) is 30.5. The summed E-state index contributed by atoms with van der Waals surface area (Å²) in [7, 11) is 9.87. The van der Waals surface area contributed by atoms with Crippen LogP contribution in [-0.4, -0.2) is 0 Å². The number of hydrogen-bond acceptors (Lipinski definition) is 0. The smallest absolute Gasteiger partial charge is 2.00 e. The Labute approximate surface area is 316 Å². The van der Waals surface area contributed by atoms with Crippen LogP contribution in [0.2, 0.25) is 0 Å². The Morgan fingerprint density at radius 1 is 0.571 bits per heavy atom. The van der Waals surface area contributed by atoms with Gasteiger partial charge < -0.3 is 69.4 Å². The van der Waals surface area contributed by atoms with Gasteiger partial charge in [-0.3, -0.25) is 12.2 Å². The minimum atomic E-state index is -0.826. The van der Waals surface area contributed by atoms with Crippen LogP contribution in [0.15, 0.2) is 81.0 Å². The molecule has 6 heteroatoms. The number of halogens is 4. The maximum Gasteiger partial charge on any atom is 2.00 e. The van der Waals surface area contributed by atoms with Gasteiger partial charge in [0.15, 0.2) is 0 Å². The van der Waals surface area contributed by atoms with Crippen molar-refractivity contribution in [2.75, 3.05) is 0 Å². The van der Waals surface area contributed by atoms with Crippen molar-refractivity contribution in [3.63, 3.8) is 0 Å². The molecule has 0 aromatic rings. The van der Waals surface area contributed by atoms with E-state index in [9.17, 15) is 0 Å². The van der Waals surface area contributed by atoms with Gasteiger partial charge in [-0.2, -0.15) is 12.2 Å². The molecular weight excluding hydrogens is 757 g/mol. The molecule has 0 fully saturated rings. The van der Waals surface area contributed by atoms with Crippen molar-refractivity contribution in [3.8, 4) is 0 Å². The van der Waals surface area contributed by atoms with Gasteiger partial charge in [-0.05, 0) is 75.0 Å². The van der Waals surface area contributed by atoms with Gasteiger partial charge in [0.25, 0.3) is 0 Å². The summed E-state index contributed by atoms with van der Waals surface area (Å²) >= 11 is -0.826. The molecule has 0 saturated heterocycles. The van der Waals surface area contributed by atoms with E-state index in [1.54, 1.807) is 11.1 Å². The van der Waals surface area contributed by atoms with Gasteiger partial charge in [0, 0.05) is 10.8 Å². The Bertz CT molecular complexity index is 872. The quantitative estimate of drug-likeness (QED) is 0.249. The van der Waals surface area contributed by atoms with Gasteiger partial charge >= 0.3 is 64.1 Å². The zero-order valence-corrected chi connectivity index (χ0v) is 37.3. The first kappa shape index (κ1) is 65.5. The second-order valence-electron chi connectivity index (χ2n) is 9.83. The Balaban J connectivity index is -0.0000000602. The molecule has 0 aromatic heterocycles. The van der Waals surface area contributed by atoms with E-state index in [2.05, 4.69) is 93.5 Å². The van der Waals surface area contributed by atoms with E-state index in [0.29, 0.717) is 0 Å². The Kier molecular flexibility index (Phi) is 47.6. The van der Waals surface area contributed by atoms with Crippen LogP contribution in [0.5, 0.6) is 0 Å². The molecule has 246 valence electrons. The van der Waals surface area contributed by atoms with E-state index in [-0.39, 0.29) is 106 Å². The van der Waals surface area contributed by atoms with Crippen LogP contribution >= 0.6 is 17.0 Å². The third-order valence-electron chi connectivity index (χ3n) is 7.55. The molecule has 0 saturated carbocycles. The molecule has 4 aliphatic rings. The van der Waals surface area contributed by atoms with Crippen LogP contribution in [0.25, 0.3) is 0 Å². The third-order valence-corrected chi connectivity index (χ3v) is 7.55.